The summed E-state index contributed by atoms with van der Waals surface area (Å²) in [5, 5.41) is 12.0. The predicted octanol–water partition coefficient (Wildman–Crippen LogP) is 0.851. The van der Waals surface area contributed by atoms with E-state index in [9.17, 15) is 4.79 Å². The van der Waals surface area contributed by atoms with E-state index in [-0.39, 0.29) is 36.2 Å². The lowest BCUT2D eigenvalue weighted by Gasteiger charge is -2.17. The summed E-state index contributed by atoms with van der Waals surface area (Å²) in [6.07, 6.45) is 0.760. The van der Waals surface area contributed by atoms with Crippen LogP contribution >= 0.6 is 24.8 Å². The van der Waals surface area contributed by atoms with Crippen LogP contribution in [0.2, 0.25) is 0 Å². The van der Waals surface area contributed by atoms with Crippen LogP contribution in [0.15, 0.2) is 6.07 Å². The first-order chi connectivity index (χ1) is 6.68. The molecule has 0 amide bonds. The Kier molecular flexibility index (Phi) is 5.50. The molecule has 4 N–H and O–H groups in total. The topological polar surface area (TPSA) is 88.2 Å². The second-order valence-corrected chi connectivity index (χ2v) is 3.26. The summed E-state index contributed by atoms with van der Waals surface area (Å²) in [5.74, 6) is -1.07. The first kappa shape index (κ1) is 15.0. The van der Waals surface area contributed by atoms with Gasteiger partial charge in [0, 0.05) is 25.2 Å². The largest absolute Gasteiger partial charge is 0.476 e. The number of nitrogen functional groups attached to an aromatic ring is 1. The highest BCUT2D eigenvalue weighted by Crippen LogP contribution is 2.18. The SMILES string of the molecule is Cl.Cl.Nc1cc2c(nc1C(=O)O)CCNC2. The number of nitrogens with zero attached hydrogens (tertiary/aromatic N) is 1. The molecule has 0 aliphatic carbocycles. The molecule has 0 bridgehead atoms. The number of nitrogens with two attached hydrogens (primary N) is 1. The van der Waals surface area contributed by atoms with Crippen molar-refractivity contribution in [3.63, 3.8) is 0 Å². The van der Waals surface area contributed by atoms with Gasteiger partial charge in [0.15, 0.2) is 5.69 Å². The second-order valence-electron chi connectivity index (χ2n) is 3.26. The van der Waals surface area contributed by atoms with Gasteiger partial charge in [-0.2, -0.15) is 0 Å². The van der Waals surface area contributed by atoms with Gasteiger partial charge in [0.25, 0.3) is 0 Å². The van der Waals surface area contributed by atoms with Gasteiger partial charge in [0.2, 0.25) is 0 Å². The number of anilines is 1. The normalized spacial score (nSPS) is 13.0. The van der Waals surface area contributed by atoms with Gasteiger partial charge in [-0.15, -0.1) is 24.8 Å². The molecule has 2 heterocycles. The minimum atomic E-state index is -1.07. The molecule has 0 spiro atoms. The summed E-state index contributed by atoms with van der Waals surface area (Å²) >= 11 is 0. The second kappa shape index (κ2) is 5.89. The number of carboxylic acids is 1. The number of nitrogens with one attached hydrogen (secondary N) is 1. The summed E-state index contributed by atoms with van der Waals surface area (Å²) in [5.41, 5.74) is 7.62. The summed E-state index contributed by atoms with van der Waals surface area (Å²) < 4.78 is 0. The molecular formula is C9H13Cl2N3O2. The molecule has 0 atom stereocenters. The van der Waals surface area contributed by atoms with Gasteiger partial charge in [0.05, 0.1) is 5.69 Å². The van der Waals surface area contributed by atoms with Crippen molar-refractivity contribution < 1.29 is 9.90 Å². The molecule has 90 valence electrons. The number of aromatic nitrogens is 1. The van der Waals surface area contributed by atoms with Crippen LogP contribution in [0.4, 0.5) is 5.69 Å². The molecular weight excluding hydrogens is 253 g/mol. The third kappa shape index (κ3) is 2.75. The van der Waals surface area contributed by atoms with Gasteiger partial charge in [-0.1, -0.05) is 0 Å². The first-order valence-electron chi connectivity index (χ1n) is 4.41. The van der Waals surface area contributed by atoms with Gasteiger partial charge in [-0.25, -0.2) is 9.78 Å². The number of hydrogen-bond acceptors (Lipinski definition) is 4. The molecule has 0 fully saturated rings. The van der Waals surface area contributed by atoms with Crippen molar-refractivity contribution in [1.82, 2.24) is 10.3 Å². The van der Waals surface area contributed by atoms with E-state index in [0.717, 1.165) is 24.2 Å². The zero-order valence-corrected chi connectivity index (χ0v) is 10.0. The number of halogens is 2. The van der Waals surface area contributed by atoms with Crippen LogP contribution in [-0.2, 0) is 13.0 Å². The summed E-state index contributed by atoms with van der Waals surface area (Å²) in [4.78, 5) is 14.8. The zero-order chi connectivity index (χ0) is 10.1. The van der Waals surface area contributed by atoms with Crippen molar-refractivity contribution in [2.45, 2.75) is 13.0 Å². The van der Waals surface area contributed by atoms with E-state index in [2.05, 4.69) is 10.3 Å². The van der Waals surface area contributed by atoms with Crippen LogP contribution in [0.25, 0.3) is 0 Å². The number of rotatable bonds is 1. The number of carbonyl (C=O) groups is 1. The Morgan fingerprint density at radius 3 is 2.81 bits per heavy atom. The molecule has 5 nitrogen and oxygen atoms in total. The maximum atomic E-state index is 10.7. The van der Waals surface area contributed by atoms with Crippen LogP contribution in [-0.4, -0.2) is 22.6 Å². The van der Waals surface area contributed by atoms with E-state index < -0.39 is 5.97 Å². The number of hydrogen-bond donors (Lipinski definition) is 3. The van der Waals surface area contributed by atoms with Crippen LogP contribution in [0.3, 0.4) is 0 Å². The minimum absolute atomic E-state index is 0. The maximum absolute atomic E-state index is 10.7. The van der Waals surface area contributed by atoms with E-state index in [1.165, 1.54) is 0 Å². The fraction of sp³-hybridized carbons (Fsp3) is 0.333. The van der Waals surface area contributed by atoms with Gasteiger partial charge in [-0.3, -0.25) is 0 Å². The van der Waals surface area contributed by atoms with Gasteiger partial charge >= 0.3 is 5.97 Å². The number of fused-ring (bicyclic) bond motifs is 1. The van der Waals surface area contributed by atoms with Crippen LogP contribution in [0.1, 0.15) is 21.7 Å². The lowest BCUT2D eigenvalue weighted by atomic mass is 10.1. The molecule has 1 aromatic rings. The zero-order valence-electron chi connectivity index (χ0n) is 8.40. The summed E-state index contributed by atoms with van der Waals surface area (Å²) in [7, 11) is 0. The Bertz CT molecular complexity index is 399. The molecule has 7 heteroatoms. The summed E-state index contributed by atoms with van der Waals surface area (Å²) in [6.45, 7) is 1.55. The highest BCUT2D eigenvalue weighted by atomic mass is 35.5. The molecule has 0 unspecified atom stereocenters. The highest BCUT2D eigenvalue weighted by Gasteiger charge is 2.16. The van der Waals surface area contributed by atoms with Gasteiger partial charge < -0.3 is 16.2 Å². The average Bonchev–Trinajstić information content (AvgIpc) is 2.16. The third-order valence-corrected chi connectivity index (χ3v) is 2.28. The molecule has 0 aromatic carbocycles. The Balaban J connectivity index is 0.00000112. The Labute approximate surface area is 105 Å². The molecule has 1 aromatic heterocycles. The molecule has 2 rings (SSSR count). The lowest BCUT2D eigenvalue weighted by Crippen LogP contribution is -2.25. The summed E-state index contributed by atoms with van der Waals surface area (Å²) in [6, 6.07) is 1.69. The van der Waals surface area contributed by atoms with Crippen LogP contribution < -0.4 is 11.1 Å². The van der Waals surface area contributed by atoms with Crippen molar-refractivity contribution >= 4 is 36.5 Å². The van der Waals surface area contributed by atoms with E-state index in [1.807, 2.05) is 0 Å². The monoisotopic (exact) mass is 265 g/mol. The Hall–Kier alpha value is -1.04. The molecule has 0 radical (unpaired) electrons. The fourth-order valence-electron chi connectivity index (χ4n) is 1.58. The van der Waals surface area contributed by atoms with Gasteiger partial charge in [-0.05, 0) is 11.6 Å². The standard InChI is InChI=1S/C9H11N3O2.2ClH/c10-6-3-5-4-11-2-1-7(5)12-8(6)9(13)14;;/h3,11H,1-2,4,10H2,(H,13,14);2*1H. The third-order valence-electron chi connectivity index (χ3n) is 2.28. The number of carboxylic acid groups (broad SMARTS) is 1. The van der Waals surface area contributed by atoms with E-state index in [4.69, 9.17) is 10.8 Å². The predicted molar refractivity (Wildman–Crippen MR) is 65.5 cm³/mol. The van der Waals surface area contributed by atoms with E-state index in [0.29, 0.717) is 6.54 Å². The quantitative estimate of drug-likeness (QED) is 0.701. The van der Waals surface area contributed by atoms with Crippen molar-refractivity contribution in [3.8, 4) is 0 Å². The molecule has 16 heavy (non-hydrogen) atoms. The van der Waals surface area contributed by atoms with Crippen molar-refractivity contribution in [1.29, 1.82) is 0 Å². The van der Waals surface area contributed by atoms with Gasteiger partial charge in [0.1, 0.15) is 0 Å². The van der Waals surface area contributed by atoms with Crippen molar-refractivity contribution in [2.24, 2.45) is 0 Å². The Morgan fingerprint density at radius 2 is 2.19 bits per heavy atom. The number of pyridine rings is 1. The fourth-order valence-corrected chi connectivity index (χ4v) is 1.58. The molecule has 0 saturated carbocycles. The molecule has 1 aliphatic rings. The lowest BCUT2D eigenvalue weighted by molar-refractivity contribution is 0.0691. The smallest absolute Gasteiger partial charge is 0.356 e. The first-order valence-corrected chi connectivity index (χ1v) is 4.41. The van der Waals surface area contributed by atoms with Crippen LogP contribution in [0.5, 0.6) is 0 Å². The number of aromatic carboxylic acids is 1. The Morgan fingerprint density at radius 1 is 1.50 bits per heavy atom. The van der Waals surface area contributed by atoms with Crippen molar-refractivity contribution in [2.75, 3.05) is 12.3 Å². The molecule has 0 saturated heterocycles. The van der Waals surface area contributed by atoms with Crippen molar-refractivity contribution in [3.05, 3.63) is 23.0 Å². The van der Waals surface area contributed by atoms with Crippen LogP contribution in [0, 0.1) is 0 Å². The molecule has 1 aliphatic heterocycles. The minimum Gasteiger partial charge on any atom is -0.476 e. The average molecular weight is 266 g/mol. The van der Waals surface area contributed by atoms with E-state index >= 15 is 0 Å². The highest BCUT2D eigenvalue weighted by molar-refractivity contribution is 5.91. The maximum Gasteiger partial charge on any atom is 0.356 e. The van der Waals surface area contributed by atoms with E-state index in [1.54, 1.807) is 6.07 Å².